The molecular formula is C22H31N5O5. The zero-order valence-corrected chi connectivity index (χ0v) is 18.4. The van der Waals surface area contributed by atoms with Gasteiger partial charge in [-0.05, 0) is 44.1 Å². The van der Waals surface area contributed by atoms with E-state index in [-0.39, 0.29) is 30.1 Å². The number of hydrogen-bond donors (Lipinski definition) is 3. The molecule has 3 aliphatic rings. The second-order valence-corrected chi connectivity index (χ2v) is 8.41. The summed E-state index contributed by atoms with van der Waals surface area (Å²) in [7, 11) is 1.51. The topological polar surface area (TPSA) is 114 Å². The van der Waals surface area contributed by atoms with E-state index in [4.69, 9.17) is 4.74 Å². The number of aliphatic hydroxyl groups excluding tert-OH is 1. The van der Waals surface area contributed by atoms with Crippen molar-refractivity contribution >= 4 is 23.4 Å². The average molecular weight is 446 g/mol. The molecule has 10 heteroatoms. The molecule has 4 rings (SSSR count). The average Bonchev–Trinajstić information content (AvgIpc) is 2.83. The van der Waals surface area contributed by atoms with Gasteiger partial charge >= 0.3 is 0 Å². The Morgan fingerprint density at radius 3 is 2.41 bits per heavy atom. The molecule has 3 heterocycles. The predicted octanol–water partition coefficient (Wildman–Crippen LogP) is -0.419. The Labute approximate surface area is 187 Å². The number of ether oxygens (including phenoxy) is 1. The molecule has 3 aliphatic heterocycles. The second-order valence-electron chi connectivity index (χ2n) is 8.41. The van der Waals surface area contributed by atoms with Gasteiger partial charge in [0.05, 0.1) is 12.8 Å². The number of aliphatic hydroxyl groups is 1. The lowest BCUT2D eigenvalue weighted by Gasteiger charge is -2.37. The summed E-state index contributed by atoms with van der Waals surface area (Å²) in [6.07, 6.45) is 0.873. The Hall–Kier alpha value is -2.85. The molecule has 0 spiro atoms. The highest BCUT2D eigenvalue weighted by molar-refractivity contribution is 5.95. The highest BCUT2D eigenvalue weighted by Crippen LogP contribution is 2.31. The van der Waals surface area contributed by atoms with Crippen LogP contribution in [0.4, 0.5) is 5.69 Å². The third kappa shape index (κ3) is 4.66. The summed E-state index contributed by atoms with van der Waals surface area (Å²) in [6.45, 7) is 4.20. The molecule has 10 nitrogen and oxygen atoms in total. The SMILES string of the molecule is COc1cc(C(=O)N2CCN(C(=O)C3CCNCC3)CC2)ccc1N1CCC(=O)NC1O. The van der Waals surface area contributed by atoms with Crippen molar-refractivity contribution in [2.75, 3.05) is 57.8 Å². The Kier molecular flexibility index (Phi) is 6.80. The molecule has 1 atom stereocenters. The van der Waals surface area contributed by atoms with Gasteiger partial charge in [0.15, 0.2) is 0 Å². The number of piperazine rings is 1. The summed E-state index contributed by atoms with van der Waals surface area (Å²) < 4.78 is 5.47. The molecule has 1 aromatic carbocycles. The van der Waals surface area contributed by atoms with Crippen LogP contribution in [0.2, 0.25) is 0 Å². The lowest BCUT2D eigenvalue weighted by molar-refractivity contribution is -0.137. The molecule has 1 unspecified atom stereocenters. The fraction of sp³-hybridized carbons (Fsp3) is 0.591. The van der Waals surface area contributed by atoms with E-state index in [9.17, 15) is 19.5 Å². The summed E-state index contributed by atoms with van der Waals surface area (Å²) in [6, 6.07) is 5.09. The first-order chi connectivity index (χ1) is 15.5. The van der Waals surface area contributed by atoms with Crippen molar-refractivity contribution in [2.45, 2.75) is 25.6 Å². The van der Waals surface area contributed by atoms with E-state index >= 15 is 0 Å². The predicted molar refractivity (Wildman–Crippen MR) is 117 cm³/mol. The normalized spacial score (nSPS) is 22.5. The van der Waals surface area contributed by atoms with Gasteiger partial charge in [-0.1, -0.05) is 0 Å². The summed E-state index contributed by atoms with van der Waals surface area (Å²) >= 11 is 0. The van der Waals surface area contributed by atoms with Crippen LogP contribution >= 0.6 is 0 Å². The van der Waals surface area contributed by atoms with E-state index in [1.807, 2.05) is 4.90 Å². The van der Waals surface area contributed by atoms with E-state index in [0.29, 0.717) is 49.7 Å². The van der Waals surface area contributed by atoms with Crippen LogP contribution < -0.4 is 20.3 Å². The van der Waals surface area contributed by atoms with Crippen LogP contribution in [0, 0.1) is 5.92 Å². The van der Waals surface area contributed by atoms with Crippen LogP contribution in [0.25, 0.3) is 0 Å². The van der Waals surface area contributed by atoms with Gasteiger partial charge in [-0.2, -0.15) is 0 Å². The zero-order valence-electron chi connectivity index (χ0n) is 18.4. The van der Waals surface area contributed by atoms with Crippen molar-refractivity contribution in [1.82, 2.24) is 20.4 Å². The van der Waals surface area contributed by atoms with Crippen molar-refractivity contribution in [1.29, 1.82) is 0 Å². The van der Waals surface area contributed by atoms with Gasteiger partial charge in [-0.15, -0.1) is 0 Å². The van der Waals surface area contributed by atoms with Crippen LogP contribution in [0.1, 0.15) is 29.6 Å². The summed E-state index contributed by atoms with van der Waals surface area (Å²) in [5, 5.41) is 15.9. The quantitative estimate of drug-likeness (QED) is 0.577. The number of amides is 3. The summed E-state index contributed by atoms with van der Waals surface area (Å²) in [5.74, 6) is 0.418. The van der Waals surface area contributed by atoms with Crippen molar-refractivity contribution in [2.24, 2.45) is 5.92 Å². The van der Waals surface area contributed by atoms with Gasteiger partial charge < -0.3 is 35.2 Å². The molecule has 3 fully saturated rings. The first-order valence-corrected chi connectivity index (χ1v) is 11.2. The fourth-order valence-corrected chi connectivity index (χ4v) is 4.58. The fourth-order valence-electron chi connectivity index (χ4n) is 4.58. The molecule has 32 heavy (non-hydrogen) atoms. The zero-order chi connectivity index (χ0) is 22.7. The van der Waals surface area contributed by atoms with Crippen LogP contribution in [-0.4, -0.2) is 91.9 Å². The third-order valence-electron chi connectivity index (χ3n) is 6.47. The maximum Gasteiger partial charge on any atom is 0.254 e. The molecule has 0 radical (unpaired) electrons. The lowest BCUT2D eigenvalue weighted by atomic mass is 9.96. The van der Waals surface area contributed by atoms with Gasteiger partial charge in [0, 0.05) is 50.6 Å². The Morgan fingerprint density at radius 2 is 1.75 bits per heavy atom. The molecule has 0 saturated carbocycles. The van der Waals surface area contributed by atoms with E-state index < -0.39 is 6.35 Å². The van der Waals surface area contributed by atoms with Crippen molar-refractivity contribution in [3.05, 3.63) is 23.8 Å². The molecule has 0 aliphatic carbocycles. The van der Waals surface area contributed by atoms with Gasteiger partial charge in [0.2, 0.25) is 18.2 Å². The second kappa shape index (κ2) is 9.74. The lowest BCUT2D eigenvalue weighted by Crippen LogP contribution is -2.54. The highest BCUT2D eigenvalue weighted by Gasteiger charge is 2.31. The molecule has 174 valence electrons. The van der Waals surface area contributed by atoms with E-state index in [1.165, 1.54) is 7.11 Å². The number of nitrogens with one attached hydrogen (secondary N) is 2. The standard InChI is InChI=1S/C22H31N5O5/c1-32-18-14-16(2-3-17(18)27-9-6-19(28)24-22(27)31)21(30)26-12-10-25(11-13-26)20(29)15-4-7-23-8-5-15/h2-3,14-15,22-23,31H,4-13H2,1H3,(H,24,28). The minimum atomic E-state index is -1.14. The van der Waals surface area contributed by atoms with E-state index in [2.05, 4.69) is 10.6 Å². The maximum absolute atomic E-state index is 13.1. The number of nitrogens with zero attached hydrogens (tertiary/aromatic N) is 3. The number of piperidine rings is 1. The molecule has 3 amide bonds. The number of carbonyl (C=O) groups excluding carboxylic acids is 3. The third-order valence-corrected chi connectivity index (χ3v) is 6.47. The smallest absolute Gasteiger partial charge is 0.254 e. The molecule has 0 aromatic heterocycles. The summed E-state index contributed by atoms with van der Waals surface area (Å²) in [4.78, 5) is 42.6. The molecule has 3 saturated heterocycles. The van der Waals surface area contributed by atoms with Crippen molar-refractivity contribution < 1.29 is 24.2 Å². The van der Waals surface area contributed by atoms with Crippen LogP contribution in [0.5, 0.6) is 5.75 Å². The minimum absolute atomic E-state index is 0.0882. The number of benzene rings is 1. The van der Waals surface area contributed by atoms with Crippen molar-refractivity contribution in [3.8, 4) is 5.75 Å². The van der Waals surface area contributed by atoms with Crippen molar-refractivity contribution in [3.63, 3.8) is 0 Å². The van der Waals surface area contributed by atoms with E-state index in [0.717, 1.165) is 25.9 Å². The van der Waals surface area contributed by atoms with Gasteiger partial charge in [-0.3, -0.25) is 14.4 Å². The van der Waals surface area contributed by atoms with Crippen LogP contribution in [0.3, 0.4) is 0 Å². The monoisotopic (exact) mass is 445 g/mol. The Bertz CT molecular complexity index is 864. The molecule has 3 N–H and O–H groups in total. The van der Waals surface area contributed by atoms with Gasteiger partial charge in [0.25, 0.3) is 5.91 Å². The Morgan fingerprint density at radius 1 is 1.06 bits per heavy atom. The summed E-state index contributed by atoms with van der Waals surface area (Å²) in [5.41, 5.74) is 1.09. The van der Waals surface area contributed by atoms with E-state index in [1.54, 1.807) is 28.0 Å². The molecular weight excluding hydrogens is 414 g/mol. The number of hydrogen-bond acceptors (Lipinski definition) is 7. The first kappa shape index (κ1) is 22.3. The largest absolute Gasteiger partial charge is 0.495 e. The molecule has 1 aromatic rings. The minimum Gasteiger partial charge on any atom is -0.495 e. The van der Waals surface area contributed by atoms with Gasteiger partial charge in [-0.25, -0.2) is 0 Å². The van der Waals surface area contributed by atoms with Crippen LogP contribution in [-0.2, 0) is 9.59 Å². The highest BCUT2D eigenvalue weighted by atomic mass is 16.5. The van der Waals surface area contributed by atoms with Crippen LogP contribution in [0.15, 0.2) is 18.2 Å². The molecule has 0 bridgehead atoms. The number of anilines is 1. The number of carbonyl (C=O) groups is 3. The number of methoxy groups -OCH3 is 1. The maximum atomic E-state index is 13.1. The van der Waals surface area contributed by atoms with Gasteiger partial charge in [0.1, 0.15) is 5.75 Å². The Balaban J connectivity index is 1.39. The first-order valence-electron chi connectivity index (χ1n) is 11.2. The number of rotatable bonds is 4.